The van der Waals surface area contributed by atoms with Crippen molar-refractivity contribution in [3.63, 3.8) is 0 Å². The SMILES string of the molecule is COc1ccc(C(C)(C)c2ccc(OC(=O)c3ccc(Oc4ccc(C(=O)CCCCOc5ccc(C(C)(C)c6ccc(OC(=O)c7ccc(C(=O)Oc8ccc(C(C)(C)c9ccc(OC(=O)c%10cccc(C(C)=O)c%10)c(C)c9)c(C)c8C)cc7)c(C)c6)cc5C)cc4)cc3)c(C)c2)cc1C. The summed E-state index contributed by atoms with van der Waals surface area (Å²) < 4.78 is 41.2. The predicted molar refractivity (Wildman–Crippen MR) is 394 cm³/mol. The quantitative estimate of drug-likeness (QED) is 0.0230. The summed E-state index contributed by atoms with van der Waals surface area (Å²) in [6.07, 6.45) is 1.72. The first kappa shape index (κ1) is 72.6. The zero-order chi connectivity index (χ0) is 72.7. The molecule has 0 aliphatic carbocycles. The van der Waals surface area contributed by atoms with Crippen molar-refractivity contribution in [1.82, 2.24) is 0 Å². The molecular weight excluding hydrogens is 1260 g/mol. The molecular formula is C88H86O13. The number of hydrogen-bond acceptors (Lipinski definition) is 13. The fraction of sp³-hybridized carbons (Fsp3) is 0.250. The molecule has 516 valence electrons. The molecule has 0 amide bonds. The number of methoxy groups -OCH3 is 1. The number of carbonyl (C=O) groups is 6. The van der Waals surface area contributed by atoms with E-state index in [0.29, 0.717) is 77.1 Å². The van der Waals surface area contributed by atoms with Gasteiger partial charge in [-0.25, -0.2) is 19.2 Å². The molecule has 13 heteroatoms. The van der Waals surface area contributed by atoms with E-state index in [1.54, 1.807) is 116 Å². The minimum Gasteiger partial charge on any atom is -0.496 e. The van der Waals surface area contributed by atoms with Crippen molar-refractivity contribution in [1.29, 1.82) is 0 Å². The van der Waals surface area contributed by atoms with Gasteiger partial charge in [0.15, 0.2) is 11.6 Å². The van der Waals surface area contributed by atoms with Crippen LogP contribution < -0.4 is 33.2 Å². The highest BCUT2D eigenvalue weighted by molar-refractivity contribution is 5.99. The van der Waals surface area contributed by atoms with Crippen molar-refractivity contribution in [2.45, 2.75) is 132 Å². The zero-order valence-corrected chi connectivity index (χ0v) is 60.2. The molecule has 0 aliphatic rings. The van der Waals surface area contributed by atoms with Crippen LogP contribution in [0.4, 0.5) is 0 Å². The van der Waals surface area contributed by atoms with E-state index in [1.165, 1.54) is 13.0 Å². The Kier molecular flexibility index (Phi) is 21.9. The Morgan fingerprint density at radius 1 is 0.337 bits per heavy atom. The van der Waals surface area contributed by atoms with Crippen molar-refractivity contribution in [2.75, 3.05) is 13.7 Å². The molecule has 0 aromatic heterocycles. The summed E-state index contributed by atoms with van der Waals surface area (Å²) in [6.45, 7) is 28.4. The van der Waals surface area contributed by atoms with Crippen molar-refractivity contribution < 1.29 is 61.9 Å². The van der Waals surface area contributed by atoms with E-state index in [0.717, 1.165) is 83.8 Å². The third-order valence-electron chi connectivity index (χ3n) is 19.3. The van der Waals surface area contributed by atoms with Crippen LogP contribution in [0.3, 0.4) is 0 Å². The molecule has 101 heavy (non-hydrogen) atoms. The van der Waals surface area contributed by atoms with Crippen LogP contribution in [0, 0.1) is 48.5 Å². The molecule has 0 N–H and O–H groups in total. The molecule has 0 radical (unpaired) electrons. The third-order valence-corrected chi connectivity index (χ3v) is 19.3. The van der Waals surface area contributed by atoms with Gasteiger partial charge in [0.25, 0.3) is 0 Å². The Hall–Kier alpha value is -11.2. The maximum Gasteiger partial charge on any atom is 0.343 e. The van der Waals surface area contributed by atoms with Gasteiger partial charge in [0.05, 0.1) is 36.0 Å². The van der Waals surface area contributed by atoms with Crippen LogP contribution in [0.1, 0.15) is 202 Å². The van der Waals surface area contributed by atoms with E-state index in [1.807, 2.05) is 103 Å². The van der Waals surface area contributed by atoms with Gasteiger partial charge in [-0.2, -0.15) is 0 Å². The largest absolute Gasteiger partial charge is 0.496 e. The second-order valence-electron chi connectivity index (χ2n) is 27.5. The lowest BCUT2D eigenvalue weighted by Crippen LogP contribution is -2.21. The number of esters is 4. The first-order valence-corrected chi connectivity index (χ1v) is 33.9. The Labute approximate surface area is 592 Å². The maximum atomic E-state index is 13.6. The number of benzene rings is 10. The highest BCUT2D eigenvalue weighted by Crippen LogP contribution is 2.41. The van der Waals surface area contributed by atoms with Crippen LogP contribution in [0.5, 0.6) is 46.0 Å². The molecule has 0 saturated heterocycles. The van der Waals surface area contributed by atoms with Gasteiger partial charge >= 0.3 is 23.9 Å². The molecule has 0 bridgehead atoms. The monoisotopic (exact) mass is 1350 g/mol. The summed E-state index contributed by atoms with van der Waals surface area (Å²) in [6, 6.07) is 60.0. The van der Waals surface area contributed by atoms with Crippen molar-refractivity contribution in [3.8, 4) is 46.0 Å². The summed E-state index contributed by atoms with van der Waals surface area (Å²) in [5.41, 5.74) is 13.6. The first-order chi connectivity index (χ1) is 48.0. The molecule has 10 rings (SSSR count). The van der Waals surface area contributed by atoms with Gasteiger partial charge in [0.2, 0.25) is 0 Å². The Morgan fingerprint density at radius 3 is 1.11 bits per heavy atom. The van der Waals surface area contributed by atoms with Crippen molar-refractivity contribution in [3.05, 3.63) is 306 Å². The van der Waals surface area contributed by atoms with Crippen LogP contribution in [0.25, 0.3) is 0 Å². The van der Waals surface area contributed by atoms with Crippen LogP contribution in [-0.2, 0) is 16.2 Å². The second-order valence-corrected chi connectivity index (χ2v) is 27.5. The number of unbranched alkanes of at least 4 members (excludes halogenated alkanes) is 1. The van der Waals surface area contributed by atoms with Crippen LogP contribution in [0.2, 0.25) is 0 Å². The van der Waals surface area contributed by atoms with Gasteiger partial charge in [-0.15, -0.1) is 0 Å². The molecule has 0 spiro atoms. The number of ether oxygens (including phenoxy) is 7. The van der Waals surface area contributed by atoms with E-state index in [4.69, 9.17) is 33.2 Å². The smallest absolute Gasteiger partial charge is 0.343 e. The second kappa shape index (κ2) is 30.5. The van der Waals surface area contributed by atoms with E-state index >= 15 is 0 Å². The molecule has 0 unspecified atom stereocenters. The predicted octanol–water partition coefficient (Wildman–Crippen LogP) is 20.1. The molecule has 13 nitrogen and oxygen atoms in total. The summed E-state index contributed by atoms with van der Waals surface area (Å²) in [5.74, 6) is 2.16. The normalized spacial score (nSPS) is 11.5. The number of carbonyl (C=O) groups excluding carboxylic acids is 6. The molecule has 0 heterocycles. The maximum absolute atomic E-state index is 13.6. The van der Waals surface area contributed by atoms with Gasteiger partial charge in [-0.05, 0) is 262 Å². The van der Waals surface area contributed by atoms with E-state index in [-0.39, 0.29) is 33.7 Å². The summed E-state index contributed by atoms with van der Waals surface area (Å²) in [5, 5.41) is 0. The minimum absolute atomic E-state index is 0.0290. The van der Waals surface area contributed by atoms with Crippen molar-refractivity contribution >= 4 is 35.4 Å². The lowest BCUT2D eigenvalue weighted by atomic mass is 9.75. The van der Waals surface area contributed by atoms with Crippen LogP contribution in [-0.4, -0.2) is 49.2 Å². The Morgan fingerprint density at radius 2 is 0.693 bits per heavy atom. The number of rotatable bonds is 25. The summed E-state index contributed by atoms with van der Waals surface area (Å²) in [4.78, 5) is 78.5. The molecule has 0 saturated carbocycles. The number of Topliss-reactive ketones (excluding diaryl/α,β-unsaturated/α-hetero) is 2. The zero-order valence-electron chi connectivity index (χ0n) is 60.2. The molecule has 10 aromatic carbocycles. The lowest BCUT2D eigenvalue weighted by Gasteiger charge is -2.30. The first-order valence-electron chi connectivity index (χ1n) is 33.9. The van der Waals surface area contributed by atoms with Gasteiger partial charge in [-0.1, -0.05) is 120 Å². The average molecular weight is 1350 g/mol. The summed E-state index contributed by atoms with van der Waals surface area (Å²) in [7, 11) is 1.67. The highest BCUT2D eigenvalue weighted by atomic mass is 16.5. The molecule has 10 aromatic rings. The fourth-order valence-corrected chi connectivity index (χ4v) is 12.5. The van der Waals surface area contributed by atoms with Gasteiger partial charge in [0, 0.05) is 33.8 Å². The number of ketones is 2. The Balaban J connectivity index is 0.652. The third kappa shape index (κ3) is 16.6. The molecule has 0 atom stereocenters. The van der Waals surface area contributed by atoms with E-state index < -0.39 is 34.7 Å². The van der Waals surface area contributed by atoms with E-state index in [9.17, 15) is 28.8 Å². The average Bonchev–Trinajstić information content (AvgIpc) is 0.782. The molecule has 0 aliphatic heterocycles. The standard InChI is InChI=1S/C88H86O13/c1-53-47-67(30-40-76(53)95-15)86(9,10)69-32-43-79(56(4)49-69)99-83(92)64-28-37-73(38-29-64)97-72-35-26-61(27-36-72)75(90)21-16-17-46-96-77-41-31-68(48-54(77)2)87(11,12)70-33-42-78(55(3)50-70)98-82(91)62-22-24-63(25-23-62)84(93)101-81-45-39-74(58(6)59(81)7)88(13,14)71-34-44-80(57(5)51-71)100-85(94)66-20-18-19-65(52-66)60(8)89/h18-20,22-45,47-52H,16-17,21,46H2,1-15H3. The van der Waals surface area contributed by atoms with Crippen molar-refractivity contribution in [2.24, 2.45) is 0 Å². The van der Waals surface area contributed by atoms with Gasteiger partial charge < -0.3 is 33.2 Å². The summed E-state index contributed by atoms with van der Waals surface area (Å²) >= 11 is 0. The van der Waals surface area contributed by atoms with Gasteiger partial charge in [-0.3, -0.25) is 9.59 Å². The fourth-order valence-electron chi connectivity index (χ4n) is 12.5. The highest BCUT2D eigenvalue weighted by Gasteiger charge is 2.30. The lowest BCUT2D eigenvalue weighted by molar-refractivity contribution is 0.0719. The Bertz CT molecular complexity index is 4800. The number of hydrogen-bond donors (Lipinski definition) is 0. The number of aryl methyl sites for hydroxylation is 5. The topological polar surface area (TPSA) is 167 Å². The van der Waals surface area contributed by atoms with Crippen LogP contribution >= 0.6 is 0 Å². The molecule has 0 fully saturated rings. The van der Waals surface area contributed by atoms with Gasteiger partial charge in [0.1, 0.15) is 46.0 Å². The van der Waals surface area contributed by atoms with Crippen LogP contribution in [0.15, 0.2) is 200 Å². The van der Waals surface area contributed by atoms with E-state index in [2.05, 4.69) is 71.9 Å². The minimum atomic E-state index is -0.575.